The van der Waals surface area contributed by atoms with E-state index in [1.54, 1.807) is 29.2 Å². The summed E-state index contributed by atoms with van der Waals surface area (Å²) >= 11 is 0. The van der Waals surface area contributed by atoms with Gasteiger partial charge >= 0.3 is 0 Å². The van der Waals surface area contributed by atoms with Crippen molar-refractivity contribution in [3.8, 4) is 0 Å². The average Bonchev–Trinajstić information content (AvgIpc) is 2.74. The first-order chi connectivity index (χ1) is 13.5. The number of aliphatic hydroxyl groups is 2. The number of benzene rings is 2. The van der Waals surface area contributed by atoms with Crippen LogP contribution in [0.5, 0.6) is 0 Å². The molecule has 2 aliphatic rings. The number of nitrogens with zero attached hydrogens (tertiary/aromatic N) is 2. The highest BCUT2D eigenvalue weighted by atomic mass is 16.3. The molecule has 1 saturated heterocycles. The number of imide groups is 1. The lowest BCUT2D eigenvalue weighted by atomic mass is 9.80. The van der Waals surface area contributed by atoms with E-state index in [0.29, 0.717) is 42.4 Å². The fourth-order valence-electron chi connectivity index (χ4n) is 4.06. The number of piperidine rings is 1. The van der Waals surface area contributed by atoms with Crippen molar-refractivity contribution in [1.29, 1.82) is 0 Å². The molecule has 0 aromatic heterocycles. The van der Waals surface area contributed by atoms with Gasteiger partial charge in [-0.1, -0.05) is 24.3 Å². The van der Waals surface area contributed by atoms with Crippen LogP contribution in [0, 0.1) is 5.41 Å². The Morgan fingerprint density at radius 2 is 1.46 bits per heavy atom. The van der Waals surface area contributed by atoms with Crippen LogP contribution in [-0.2, 0) is 4.79 Å². The third-order valence-electron chi connectivity index (χ3n) is 6.00. The highest BCUT2D eigenvalue weighted by molar-refractivity contribution is 6.26. The topological polar surface area (TPSA) is 98.2 Å². The maximum absolute atomic E-state index is 12.9. The number of hydrogen-bond acceptors (Lipinski definition) is 5. The molecular formula is C21H22N2O5. The Bertz CT molecular complexity index is 906. The summed E-state index contributed by atoms with van der Waals surface area (Å²) in [7, 11) is 0. The van der Waals surface area contributed by atoms with Crippen LogP contribution < -0.4 is 0 Å². The smallest absolute Gasteiger partial charge is 0.261 e. The summed E-state index contributed by atoms with van der Waals surface area (Å²) in [5.74, 6) is -1.22. The quantitative estimate of drug-likeness (QED) is 0.770. The fourth-order valence-corrected chi connectivity index (χ4v) is 4.06. The molecule has 2 aromatic rings. The SMILES string of the molecule is O=C(CN1C(=O)c2cccc3cccc(c23)C1=O)N1CCC(CO)(CO)CC1. The summed E-state index contributed by atoms with van der Waals surface area (Å²) in [5, 5.41) is 20.5. The Kier molecular flexibility index (Phi) is 4.64. The Balaban J connectivity index is 1.54. The average molecular weight is 382 g/mol. The number of aliphatic hydroxyl groups excluding tert-OH is 2. The third kappa shape index (κ3) is 2.87. The molecule has 0 atom stereocenters. The normalized spacial score (nSPS) is 18.6. The zero-order chi connectivity index (χ0) is 19.9. The van der Waals surface area contributed by atoms with Crippen LogP contribution in [0.2, 0.25) is 0 Å². The second kappa shape index (κ2) is 7.00. The van der Waals surface area contributed by atoms with Crippen LogP contribution in [-0.4, -0.2) is 70.6 Å². The van der Waals surface area contributed by atoms with E-state index < -0.39 is 17.2 Å². The minimum atomic E-state index is -0.567. The second-order valence-corrected chi connectivity index (χ2v) is 7.60. The first-order valence-electron chi connectivity index (χ1n) is 9.37. The van der Waals surface area contributed by atoms with Gasteiger partial charge in [0.05, 0.1) is 13.2 Å². The van der Waals surface area contributed by atoms with Crippen LogP contribution in [0.3, 0.4) is 0 Å². The van der Waals surface area contributed by atoms with Gasteiger partial charge in [-0.05, 0) is 30.4 Å². The zero-order valence-corrected chi connectivity index (χ0v) is 15.4. The number of likely N-dealkylation sites (tertiary alicyclic amines) is 1. The Morgan fingerprint density at radius 3 is 1.96 bits per heavy atom. The molecule has 2 aromatic carbocycles. The van der Waals surface area contributed by atoms with Crippen molar-refractivity contribution >= 4 is 28.5 Å². The minimum absolute atomic E-state index is 0.130. The van der Waals surface area contributed by atoms with Crippen molar-refractivity contribution < 1.29 is 24.6 Å². The molecule has 7 nitrogen and oxygen atoms in total. The molecule has 0 aliphatic carbocycles. The van der Waals surface area contributed by atoms with Gasteiger partial charge in [0.1, 0.15) is 6.54 Å². The number of hydrogen-bond donors (Lipinski definition) is 2. The maximum atomic E-state index is 12.9. The van der Waals surface area contributed by atoms with Gasteiger partial charge in [0.25, 0.3) is 11.8 Å². The minimum Gasteiger partial charge on any atom is -0.396 e. The predicted molar refractivity (Wildman–Crippen MR) is 102 cm³/mol. The van der Waals surface area contributed by atoms with Crippen LogP contribution in [0.25, 0.3) is 10.8 Å². The lowest BCUT2D eigenvalue weighted by Gasteiger charge is -2.40. The Labute approximate surface area is 162 Å². The van der Waals surface area contributed by atoms with Gasteiger partial charge in [0, 0.05) is 35.0 Å². The molecule has 2 aliphatic heterocycles. The Hall–Kier alpha value is -2.77. The first-order valence-corrected chi connectivity index (χ1v) is 9.37. The van der Waals surface area contributed by atoms with Crippen molar-refractivity contribution in [2.75, 3.05) is 32.8 Å². The molecule has 0 bridgehead atoms. The summed E-state index contributed by atoms with van der Waals surface area (Å²) in [6.45, 7) is 0.184. The Morgan fingerprint density at radius 1 is 0.929 bits per heavy atom. The predicted octanol–water partition coefficient (Wildman–Crippen LogP) is 1.03. The van der Waals surface area contributed by atoms with Crippen LogP contribution >= 0.6 is 0 Å². The highest BCUT2D eigenvalue weighted by Gasteiger charge is 2.38. The summed E-state index contributed by atoms with van der Waals surface area (Å²) < 4.78 is 0. The number of rotatable bonds is 4. The van der Waals surface area contributed by atoms with Crippen LogP contribution in [0.4, 0.5) is 0 Å². The lowest BCUT2D eigenvalue weighted by molar-refractivity contribution is -0.135. The monoisotopic (exact) mass is 382 g/mol. The molecule has 146 valence electrons. The first kappa shape index (κ1) is 18.6. The molecule has 2 N–H and O–H groups in total. The van der Waals surface area contributed by atoms with Gasteiger partial charge in [-0.2, -0.15) is 0 Å². The molecule has 7 heteroatoms. The van der Waals surface area contributed by atoms with E-state index >= 15 is 0 Å². The van der Waals surface area contributed by atoms with E-state index in [2.05, 4.69) is 0 Å². The maximum Gasteiger partial charge on any atom is 0.261 e. The molecule has 2 heterocycles. The van der Waals surface area contributed by atoms with Crippen molar-refractivity contribution in [2.45, 2.75) is 12.8 Å². The number of carbonyl (C=O) groups is 3. The van der Waals surface area contributed by atoms with Gasteiger partial charge in [-0.3, -0.25) is 19.3 Å². The van der Waals surface area contributed by atoms with Crippen molar-refractivity contribution in [2.24, 2.45) is 5.41 Å². The summed E-state index contributed by atoms with van der Waals surface area (Å²) in [5.41, 5.74) is 0.291. The molecule has 0 saturated carbocycles. The van der Waals surface area contributed by atoms with E-state index in [-0.39, 0.29) is 25.7 Å². The largest absolute Gasteiger partial charge is 0.396 e. The second-order valence-electron chi connectivity index (χ2n) is 7.60. The van der Waals surface area contributed by atoms with E-state index in [0.717, 1.165) is 10.3 Å². The van der Waals surface area contributed by atoms with Crippen LogP contribution in [0.1, 0.15) is 33.6 Å². The van der Waals surface area contributed by atoms with Gasteiger partial charge in [0.2, 0.25) is 5.91 Å². The van der Waals surface area contributed by atoms with Gasteiger partial charge in [-0.25, -0.2) is 0 Å². The molecule has 0 spiro atoms. The highest BCUT2D eigenvalue weighted by Crippen LogP contribution is 2.32. The summed E-state index contributed by atoms with van der Waals surface area (Å²) in [4.78, 5) is 41.1. The molecule has 0 unspecified atom stereocenters. The van der Waals surface area contributed by atoms with Crippen molar-refractivity contribution in [3.05, 3.63) is 47.5 Å². The van der Waals surface area contributed by atoms with E-state index in [1.165, 1.54) is 0 Å². The molecular weight excluding hydrogens is 360 g/mol. The van der Waals surface area contributed by atoms with Gasteiger partial charge < -0.3 is 15.1 Å². The van der Waals surface area contributed by atoms with Crippen LogP contribution in [0.15, 0.2) is 36.4 Å². The molecule has 4 rings (SSSR count). The zero-order valence-electron chi connectivity index (χ0n) is 15.4. The van der Waals surface area contributed by atoms with E-state index in [4.69, 9.17) is 0 Å². The molecule has 0 radical (unpaired) electrons. The van der Waals surface area contributed by atoms with Crippen molar-refractivity contribution in [1.82, 2.24) is 9.80 Å². The standard InChI is InChI=1S/C21H22N2O5/c24-12-21(13-25)7-9-22(10-8-21)17(26)11-23-19(27)15-5-1-3-14-4-2-6-16(18(14)15)20(23)28/h1-6,24-25H,7-13H2. The van der Waals surface area contributed by atoms with E-state index in [1.807, 2.05) is 12.1 Å². The number of amides is 3. The molecule has 1 fully saturated rings. The number of carbonyl (C=O) groups excluding carboxylic acids is 3. The molecule has 28 heavy (non-hydrogen) atoms. The fraction of sp³-hybridized carbons (Fsp3) is 0.381. The van der Waals surface area contributed by atoms with Gasteiger partial charge in [0.15, 0.2) is 0 Å². The third-order valence-corrected chi connectivity index (χ3v) is 6.00. The van der Waals surface area contributed by atoms with Crippen molar-refractivity contribution in [3.63, 3.8) is 0 Å². The summed E-state index contributed by atoms with van der Waals surface area (Å²) in [6.07, 6.45) is 0.964. The molecule has 3 amide bonds. The van der Waals surface area contributed by atoms with Gasteiger partial charge in [-0.15, -0.1) is 0 Å². The van der Waals surface area contributed by atoms with E-state index in [9.17, 15) is 24.6 Å². The summed E-state index contributed by atoms with van der Waals surface area (Å²) in [6, 6.07) is 10.6. The lowest BCUT2D eigenvalue weighted by Crippen LogP contribution is -2.51.